The Morgan fingerprint density at radius 3 is 2.55 bits per heavy atom. The Hall–Kier alpha value is -1.35. The Balaban J connectivity index is 2.08. The highest BCUT2D eigenvalue weighted by atomic mass is 16.2. The molecule has 0 saturated heterocycles. The number of benzene rings is 1. The normalized spacial score (nSPS) is 20.9. The van der Waals surface area contributed by atoms with Crippen molar-refractivity contribution in [1.29, 1.82) is 0 Å². The molecule has 1 aliphatic rings. The van der Waals surface area contributed by atoms with Gasteiger partial charge in [0.25, 0.3) is 0 Å². The predicted molar refractivity (Wildman–Crippen MR) is 81.9 cm³/mol. The van der Waals surface area contributed by atoms with E-state index in [1.54, 1.807) is 0 Å². The van der Waals surface area contributed by atoms with E-state index in [-0.39, 0.29) is 17.2 Å². The highest BCUT2D eigenvalue weighted by Gasteiger charge is 2.40. The van der Waals surface area contributed by atoms with E-state index in [0.717, 1.165) is 30.4 Å². The average molecular weight is 274 g/mol. The van der Waals surface area contributed by atoms with Crippen LogP contribution in [0.5, 0.6) is 0 Å². The van der Waals surface area contributed by atoms with Gasteiger partial charge in [-0.05, 0) is 29.4 Å². The lowest BCUT2D eigenvalue weighted by molar-refractivity contribution is -0.137. The summed E-state index contributed by atoms with van der Waals surface area (Å²) in [5.74, 6) is 0.442. The van der Waals surface area contributed by atoms with E-state index in [2.05, 4.69) is 19.9 Å². The third kappa shape index (κ3) is 3.04. The van der Waals surface area contributed by atoms with Gasteiger partial charge in [-0.1, -0.05) is 44.5 Å². The molecule has 0 aliphatic heterocycles. The summed E-state index contributed by atoms with van der Waals surface area (Å²) in [5, 5.41) is 0. The highest BCUT2D eigenvalue weighted by molar-refractivity contribution is 5.79. The molecule has 0 aromatic heterocycles. The number of nitrogens with two attached hydrogens (primary N) is 1. The van der Waals surface area contributed by atoms with Gasteiger partial charge >= 0.3 is 0 Å². The van der Waals surface area contributed by atoms with Gasteiger partial charge in [0.2, 0.25) is 5.91 Å². The summed E-state index contributed by atoms with van der Waals surface area (Å²) in [6, 6.07) is 8.10. The largest absolute Gasteiger partial charge is 0.341 e. The van der Waals surface area contributed by atoms with E-state index in [1.807, 2.05) is 30.1 Å². The van der Waals surface area contributed by atoms with Crippen LogP contribution in [0.1, 0.15) is 44.2 Å². The number of carbonyl (C=O) groups excluding carboxylic acids is 1. The number of amides is 1. The van der Waals surface area contributed by atoms with Crippen molar-refractivity contribution in [2.45, 2.75) is 46.2 Å². The smallest absolute Gasteiger partial charge is 0.226 e. The number of hydrogen-bond donors (Lipinski definition) is 1. The second-order valence-corrected chi connectivity index (χ2v) is 6.60. The second kappa shape index (κ2) is 5.96. The minimum atomic E-state index is 0.138. The van der Waals surface area contributed by atoms with Crippen molar-refractivity contribution in [3.05, 3.63) is 35.4 Å². The van der Waals surface area contributed by atoms with Gasteiger partial charge in [-0.2, -0.15) is 0 Å². The van der Waals surface area contributed by atoms with Crippen molar-refractivity contribution in [1.82, 2.24) is 4.90 Å². The van der Waals surface area contributed by atoms with Crippen molar-refractivity contribution >= 4 is 5.91 Å². The Labute approximate surface area is 122 Å². The lowest BCUT2D eigenvalue weighted by Gasteiger charge is -2.30. The molecular weight excluding hydrogens is 248 g/mol. The lowest BCUT2D eigenvalue weighted by Crippen LogP contribution is -2.37. The van der Waals surface area contributed by atoms with Gasteiger partial charge in [0.1, 0.15) is 0 Å². The van der Waals surface area contributed by atoms with Crippen LogP contribution >= 0.6 is 0 Å². The Morgan fingerprint density at radius 2 is 2.00 bits per heavy atom. The number of hydrogen-bond acceptors (Lipinski definition) is 2. The molecule has 1 unspecified atom stereocenters. The molecule has 1 atom stereocenters. The van der Waals surface area contributed by atoms with Crippen LogP contribution in [-0.4, -0.2) is 17.9 Å². The van der Waals surface area contributed by atoms with Crippen molar-refractivity contribution in [3.63, 3.8) is 0 Å². The number of nitrogens with zero attached hydrogens (tertiary/aromatic N) is 1. The molecular formula is C17H26N2O. The van der Waals surface area contributed by atoms with Crippen LogP contribution < -0.4 is 5.73 Å². The average Bonchev–Trinajstić information content (AvgIpc) is 2.78. The molecule has 0 spiro atoms. The summed E-state index contributed by atoms with van der Waals surface area (Å²) in [7, 11) is 1.91. The molecule has 0 radical (unpaired) electrons. The standard InChI is InChI=1S/C17H26N2O/c1-17(2)10-6-9-15(17)16(20)19(3)12-14-8-5-4-7-13(14)11-18/h4-5,7-8,15H,6,9-12,18H2,1-3H3. The molecule has 20 heavy (non-hydrogen) atoms. The highest BCUT2D eigenvalue weighted by Crippen LogP contribution is 2.43. The SMILES string of the molecule is CN(Cc1ccccc1CN)C(=O)C1CCCC1(C)C. The number of rotatable bonds is 4. The van der Waals surface area contributed by atoms with Gasteiger partial charge in [-0.25, -0.2) is 0 Å². The number of carbonyl (C=O) groups is 1. The van der Waals surface area contributed by atoms with Crippen LogP contribution in [0.15, 0.2) is 24.3 Å². The minimum Gasteiger partial charge on any atom is -0.341 e. The summed E-state index contributed by atoms with van der Waals surface area (Å²) in [6.45, 7) is 5.60. The topological polar surface area (TPSA) is 46.3 Å². The first-order chi connectivity index (χ1) is 9.45. The summed E-state index contributed by atoms with van der Waals surface area (Å²) < 4.78 is 0. The molecule has 2 rings (SSSR count). The van der Waals surface area contributed by atoms with Crippen LogP contribution in [0.4, 0.5) is 0 Å². The van der Waals surface area contributed by atoms with Gasteiger partial charge in [0, 0.05) is 26.1 Å². The summed E-state index contributed by atoms with van der Waals surface area (Å²) >= 11 is 0. The van der Waals surface area contributed by atoms with Crippen molar-refractivity contribution in [2.75, 3.05) is 7.05 Å². The first kappa shape index (κ1) is 15.0. The Bertz CT molecular complexity index is 482. The van der Waals surface area contributed by atoms with E-state index < -0.39 is 0 Å². The molecule has 1 aliphatic carbocycles. The first-order valence-corrected chi connectivity index (χ1v) is 7.47. The molecule has 110 valence electrons. The second-order valence-electron chi connectivity index (χ2n) is 6.60. The maximum absolute atomic E-state index is 12.7. The van der Waals surface area contributed by atoms with Crippen LogP contribution in [0.25, 0.3) is 0 Å². The maximum Gasteiger partial charge on any atom is 0.226 e. The molecule has 0 heterocycles. The van der Waals surface area contributed by atoms with E-state index in [1.165, 1.54) is 0 Å². The van der Waals surface area contributed by atoms with Crippen LogP contribution in [0.3, 0.4) is 0 Å². The van der Waals surface area contributed by atoms with Crippen LogP contribution in [-0.2, 0) is 17.9 Å². The molecule has 0 bridgehead atoms. The quantitative estimate of drug-likeness (QED) is 0.917. The monoisotopic (exact) mass is 274 g/mol. The fourth-order valence-electron chi connectivity index (χ4n) is 3.29. The maximum atomic E-state index is 12.7. The van der Waals surface area contributed by atoms with Gasteiger partial charge in [0.05, 0.1) is 0 Å². The Kier molecular flexibility index (Phi) is 4.48. The molecule has 1 saturated carbocycles. The zero-order valence-electron chi connectivity index (χ0n) is 12.9. The van der Waals surface area contributed by atoms with Gasteiger partial charge in [-0.15, -0.1) is 0 Å². The Morgan fingerprint density at radius 1 is 1.35 bits per heavy atom. The molecule has 1 aromatic rings. The third-order valence-corrected chi connectivity index (χ3v) is 4.68. The molecule has 2 N–H and O–H groups in total. The van der Waals surface area contributed by atoms with Gasteiger partial charge in [0.15, 0.2) is 0 Å². The fourth-order valence-corrected chi connectivity index (χ4v) is 3.29. The first-order valence-electron chi connectivity index (χ1n) is 7.47. The minimum absolute atomic E-state index is 0.138. The van der Waals surface area contributed by atoms with Crippen LogP contribution in [0, 0.1) is 11.3 Å². The molecule has 1 fully saturated rings. The van der Waals surface area contributed by atoms with Gasteiger partial charge < -0.3 is 10.6 Å². The third-order valence-electron chi connectivity index (χ3n) is 4.68. The molecule has 3 heteroatoms. The summed E-state index contributed by atoms with van der Waals surface area (Å²) in [6.07, 6.45) is 3.34. The molecule has 1 aromatic carbocycles. The molecule has 3 nitrogen and oxygen atoms in total. The summed E-state index contributed by atoms with van der Waals surface area (Å²) in [4.78, 5) is 14.5. The lowest BCUT2D eigenvalue weighted by atomic mass is 9.81. The summed E-state index contributed by atoms with van der Waals surface area (Å²) in [5.41, 5.74) is 8.18. The van der Waals surface area contributed by atoms with Gasteiger partial charge in [-0.3, -0.25) is 4.79 Å². The predicted octanol–water partition coefficient (Wildman–Crippen LogP) is 2.93. The molecule has 1 amide bonds. The van der Waals surface area contributed by atoms with Crippen molar-refractivity contribution in [3.8, 4) is 0 Å². The zero-order valence-corrected chi connectivity index (χ0v) is 12.9. The van der Waals surface area contributed by atoms with E-state index in [9.17, 15) is 4.79 Å². The van der Waals surface area contributed by atoms with Crippen LogP contribution in [0.2, 0.25) is 0 Å². The van der Waals surface area contributed by atoms with E-state index in [0.29, 0.717) is 13.1 Å². The van der Waals surface area contributed by atoms with E-state index >= 15 is 0 Å². The van der Waals surface area contributed by atoms with E-state index in [4.69, 9.17) is 5.73 Å². The van der Waals surface area contributed by atoms with Crippen molar-refractivity contribution < 1.29 is 4.79 Å². The fraction of sp³-hybridized carbons (Fsp3) is 0.588. The van der Waals surface area contributed by atoms with Crippen molar-refractivity contribution in [2.24, 2.45) is 17.1 Å². The zero-order chi connectivity index (χ0) is 14.8.